The Morgan fingerprint density at radius 2 is 1.71 bits per heavy atom. The van der Waals surface area contributed by atoms with Crippen LogP contribution in [0, 0.1) is 0 Å². The van der Waals surface area contributed by atoms with Gasteiger partial charge in [0, 0.05) is 44.1 Å². The minimum atomic E-state index is 0.102. The van der Waals surface area contributed by atoms with Gasteiger partial charge in [0.1, 0.15) is 11.6 Å². The van der Waals surface area contributed by atoms with Gasteiger partial charge in [0.05, 0.1) is 36.6 Å². The van der Waals surface area contributed by atoms with Crippen molar-refractivity contribution in [1.82, 2.24) is 24.4 Å². The third kappa shape index (κ3) is 5.00. The summed E-state index contributed by atoms with van der Waals surface area (Å²) >= 11 is 1.44. The highest BCUT2D eigenvalue weighted by atomic mass is 32.2. The summed E-state index contributed by atoms with van der Waals surface area (Å²) in [5.74, 6) is 2.01. The van der Waals surface area contributed by atoms with Crippen molar-refractivity contribution in [3.05, 3.63) is 79.4 Å². The Labute approximate surface area is 208 Å². The molecule has 1 amide bonds. The molecule has 2 aromatic heterocycles. The number of hydrogen-bond acceptors (Lipinski definition) is 7. The van der Waals surface area contributed by atoms with Gasteiger partial charge in [0.2, 0.25) is 5.91 Å². The van der Waals surface area contributed by atoms with E-state index in [4.69, 9.17) is 4.74 Å². The maximum Gasteiger partial charge on any atom is 0.233 e. The molecule has 0 radical (unpaired) electrons. The number of para-hydroxylation sites is 2. The second-order valence-corrected chi connectivity index (χ2v) is 8.96. The number of nitrogens with zero attached hydrogens (tertiary/aromatic N) is 6. The molecule has 0 aliphatic carbocycles. The highest BCUT2D eigenvalue weighted by Crippen LogP contribution is 2.34. The number of piperazine rings is 1. The summed E-state index contributed by atoms with van der Waals surface area (Å²) in [5, 5.41) is 0.750. The number of carbonyl (C=O) groups excluding carboxylic acids is 1. The van der Waals surface area contributed by atoms with E-state index in [9.17, 15) is 4.79 Å². The van der Waals surface area contributed by atoms with Crippen molar-refractivity contribution in [3.8, 4) is 22.7 Å². The number of ether oxygens (including phenoxy) is 1. The molecule has 9 heteroatoms. The standard InChI is InChI=1S/C26H26N6O2S/c1-34-23-10-6-5-9-21(23)32-22(20-7-3-2-4-8-20)17-29-26(32)35-19-25(33)31-15-13-30(14-16-31)24-18-27-11-12-28-24/h2-12,17-18H,13-16,19H2,1H3. The normalized spacial score (nSPS) is 13.6. The van der Waals surface area contributed by atoms with Crippen molar-refractivity contribution in [3.63, 3.8) is 0 Å². The van der Waals surface area contributed by atoms with Gasteiger partial charge in [-0.3, -0.25) is 14.3 Å². The van der Waals surface area contributed by atoms with Crippen LogP contribution in [0.25, 0.3) is 16.9 Å². The molecule has 35 heavy (non-hydrogen) atoms. The van der Waals surface area contributed by atoms with Gasteiger partial charge in [-0.2, -0.15) is 0 Å². The van der Waals surface area contributed by atoms with Crippen molar-refractivity contribution in [1.29, 1.82) is 0 Å². The topological polar surface area (TPSA) is 76.4 Å². The van der Waals surface area contributed by atoms with Crippen molar-refractivity contribution in [2.24, 2.45) is 0 Å². The van der Waals surface area contributed by atoms with Gasteiger partial charge >= 0.3 is 0 Å². The van der Waals surface area contributed by atoms with E-state index < -0.39 is 0 Å². The molecule has 0 unspecified atom stereocenters. The smallest absolute Gasteiger partial charge is 0.233 e. The van der Waals surface area contributed by atoms with E-state index in [0.717, 1.165) is 46.8 Å². The van der Waals surface area contributed by atoms with E-state index in [1.165, 1.54) is 11.8 Å². The van der Waals surface area contributed by atoms with Crippen molar-refractivity contribution in [2.75, 3.05) is 43.9 Å². The number of methoxy groups -OCH3 is 1. The fraction of sp³-hybridized carbons (Fsp3) is 0.231. The maximum absolute atomic E-state index is 13.1. The molecule has 3 heterocycles. The lowest BCUT2D eigenvalue weighted by Gasteiger charge is -2.35. The number of carbonyl (C=O) groups is 1. The van der Waals surface area contributed by atoms with E-state index in [1.807, 2.05) is 53.6 Å². The fourth-order valence-corrected chi connectivity index (χ4v) is 5.04. The Balaban J connectivity index is 1.32. The molecule has 4 aromatic rings. The molecule has 0 bridgehead atoms. The van der Waals surface area contributed by atoms with Gasteiger partial charge in [-0.25, -0.2) is 9.97 Å². The van der Waals surface area contributed by atoms with Crippen LogP contribution in [0.3, 0.4) is 0 Å². The Hall–Kier alpha value is -3.85. The van der Waals surface area contributed by atoms with Crippen LogP contribution in [0.2, 0.25) is 0 Å². The third-order valence-corrected chi connectivity index (χ3v) is 6.89. The lowest BCUT2D eigenvalue weighted by atomic mass is 10.1. The van der Waals surface area contributed by atoms with Crippen molar-refractivity contribution < 1.29 is 9.53 Å². The summed E-state index contributed by atoms with van der Waals surface area (Å²) in [6, 6.07) is 18.0. The van der Waals surface area contributed by atoms with Gasteiger partial charge in [-0.15, -0.1) is 0 Å². The SMILES string of the molecule is COc1ccccc1-n1c(-c2ccccc2)cnc1SCC(=O)N1CCN(c2cnccn2)CC1. The number of hydrogen-bond donors (Lipinski definition) is 0. The summed E-state index contributed by atoms with van der Waals surface area (Å²) in [5.41, 5.74) is 2.88. The van der Waals surface area contributed by atoms with Crippen molar-refractivity contribution >= 4 is 23.5 Å². The maximum atomic E-state index is 13.1. The second-order valence-electron chi connectivity index (χ2n) is 8.02. The number of benzene rings is 2. The van der Waals surface area contributed by atoms with Gasteiger partial charge in [0.15, 0.2) is 5.16 Å². The number of anilines is 1. The molecule has 1 aliphatic rings. The van der Waals surface area contributed by atoms with Crippen LogP contribution in [0.4, 0.5) is 5.82 Å². The lowest BCUT2D eigenvalue weighted by Crippen LogP contribution is -2.49. The van der Waals surface area contributed by atoms with Crippen molar-refractivity contribution in [2.45, 2.75) is 5.16 Å². The molecule has 178 valence electrons. The summed E-state index contributed by atoms with van der Waals surface area (Å²) in [7, 11) is 1.66. The zero-order valence-electron chi connectivity index (χ0n) is 19.4. The molecular formula is C26H26N6O2S. The van der Waals surface area contributed by atoms with Crippen LogP contribution in [-0.2, 0) is 4.79 Å². The summed E-state index contributed by atoms with van der Waals surface area (Å²) in [6.45, 7) is 2.80. The van der Waals surface area contributed by atoms with E-state index in [1.54, 1.807) is 25.7 Å². The number of rotatable bonds is 7. The van der Waals surface area contributed by atoms with E-state index in [2.05, 4.69) is 36.6 Å². The second kappa shape index (κ2) is 10.6. The number of thioether (sulfide) groups is 1. The van der Waals surface area contributed by atoms with Crippen LogP contribution in [-0.4, -0.2) is 69.4 Å². The molecule has 2 aromatic carbocycles. The van der Waals surface area contributed by atoms with Crippen LogP contribution < -0.4 is 9.64 Å². The number of imidazole rings is 1. The minimum Gasteiger partial charge on any atom is -0.495 e. The Morgan fingerprint density at radius 3 is 2.46 bits per heavy atom. The monoisotopic (exact) mass is 486 g/mol. The number of aromatic nitrogens is 4. The van der Waals surface area contributed by atoms with Gasteiger partial charge in [-0.05, 0) is 12.1 Å². The molecule has 8 nitrogen and oxygen atoms in total. The Kier molecular flexibility index (Phi) is 6.94. The van der Waals surface area contributed by atoms with Gasteiger partial charge < -0.3 is 14.5 Å². The average Bonchev–Trinajstić information content (AvgIpc) is 3.36. The van der Waals surface area contributed by atoms with E-state index in [0.29, 0.717) is 18.8 Å². The predicted molar refractivity (Wildman–Crippen MR) is 137 cm³/mol. The first kappa shape index (κ1) is 22.9. The van der Waals surface area contributed by atoms with Crippen LogP contribution in [0.15, 0.2) is 84.5 Å². The largest absolute Gasteiger partial charge is 0.495 e. The molecule has 1 fully saturated rings. The summed E-state index contributed by atoms with van der Waals surface area (Å²) in [6.07, 6.45) is 6.97. The van der Waals surface area contributed by atoms with E-state index >= 15 is 0 Å². The molecule has 1 aliphatic heterocycles. The predicted octanol–water partition coefficient (Wildman–Crippen LogP) is 3.78. The average molecular weight is 487 g/mol. The molecule has 0 spiro atoms. The first-order valence-electron chi connectivity index (χ1n) is 11.4. The fourth-order valence-electron chi connectivity index (χ4n) is 4.15. The highest BCUT2D eigenvalue weighted by molar-refractivity contribution is 7.99. The molecule has 5 rings (SSSR count). The molecule has 1 saturated heterocycles. The molecule has 0 atom stereocenters. The van der Waals surface area contributed by atoms with Crippen LogP contribution in [0.5, 0.6) is 5.75 Å². The lowest BCUT2D eigenvalue weighted by molar-refractivity contribution is -0.128. The van der Waals surface area contributed by atoms with Crippen LogP contribution in [0.1, 0.15) is 0 Å². The number of amides is 1. The zero-order chi connectivity index (χ0) is 24.0. The molecular weight excluding hydrogens is 460 g/mol. The summed E-state index contributed by atoms with van der Waals surface area (Å²) < 4.78 is 7.70. The van der Waals surface area contributed by atoms with E-state index in [-0.39, 0.29) is 5.91 Å². The quantitative estimate of drug-likeness (QED) is 0.368. The Bertz CT molecular complexity index is 1270. The molecule has 0 N–H and O–H groups in total. The van der Waals surface area contributed by atoms with Gasteiger partial charge in [0.25, 0.3) is 0 Å². The third-order valence-electron chi connectivity index (χ3n) is 5.96. The van der Waals surface area contributed by atoms with Crippen LogP contribution >= 0.6 is 11.8 Å². The summed E-state index contributed by atoms with van der Waals surface area (Å²) in [4.78, 5) is 30.3. The first-order chi connectivity index (χ1) is 17.2. The first-order valence-corrected chi connectivity index (χ1v) is 12.4. The minimum absolute atomic E-state index is 0.102. The highest BCUT2D eigenvalue weighted by Gasteiger charge is 2.23. The zero-order valence-corrected chi connectivity index (χ0v) is 20.3. The Morgan fingerprint density at radius 1 is 0.943 bits per heavy atom. The molecule has 0 saturated carbocycles. The van der Waals surface area contributed by atoms with Gasteiger partial charge in [-0.1, -0.05) is 54.2 Å².